The number of nitrogens with one attached hydrogen (secondary N) is 1. The van der Waals surface area contributed by atoms with Crippen molar-refractivity contribution in [1.29, 1.82) is 0 Å². The minimum absolute atomic E-state index is 0.0440. The summed E-state index contributed by atoms with van der Waals surface area (Å²) in [5.74, 6) is 2.71. The molecule has 194 valence electrons. The molecule has 6 heteroatoms. The fourth-order valence-electron chi connectivity index (χ4n) is 4.36. The number of unbranched alkanes of at least 4 members (excludes halogenated alkanes) is 2. The van der Waals surface area contributed by atoms with Gasteiger partial charge in [-0.1, -0.05) is 48.9 Å². The molecule has 0 unspecified atom stereocenters. The van der Waals surface area contributed by atoms with Gasteiger partial charge >= 0.3 is 0 Å². The van der Waals surface area contributed by atoms with Crippen molar-refractivity contribution >= 4 is 16.9 Å². The van der Waals surface area contributed by atoms with Gasteiger partial charge in [-0.05, 0) is 74.6 Å². The molecule has 0 atom stereocenters. The van der Waals surface area contributed by atoms with Gasteiger partial charge in [-0.2, -0.15) is 0 Å². The number of hydrogen-bond acceptors (Lipinski definition) is 4. The Morgan fingerprint density at radius 2 is 1.70 bits per heavy atom. The van der Waals surface area contributed by atoms with E-state index in [-0.39, 0.29) is 12.5 Å². The Kier molecular flexibility index (Phi) is 9.58. The average Bonchev–Trinajstić information content (AvgIpc) is 3.27. The van der Waals surface area contributed by atoms with Crippen molar-refractivity contribution in [1.82, 2.24) is 14.9 Å². The van der Waals surface area contributed by atoms with Gasteiger partial charge in [0.15, 0.2) is 6.61 Å². The third kappa shape index (κ3) is 7.84. The minimum Gasteiger partial charge on any atom is -0.494 e. The standard InChI is InChI=1S/C31H37N3O3/c1-24-17-18-25(2)29(22-24)37-23-31(35)32-19-10-4-7-16-30-33-27-14-8-9-15-28(27)34(30)20-11-21-36-26-12-5-3-6-13-26/h3,5-6,8-9,12-15,17-18,22H,4,7,10-11,16,19-21,23H2,1-2H3,(H,32,35). The summed E-state index contributed by atoms with van der Waals surface area (Å²) in [5, 5.41) is 2.97. The van der Waals surface area contributed by atoms with Crippen LogP contribution in [0.2, 0.25) is 0 Å². The zero-order valence-electron chi connectivity index (χ0n) is 21.9. The van der Waals surface area contributed by atoms with E-state index in [0.29, 0.717) is 13.2 Å². The van der Waals surface area contributed by atoms with Crippen molar-refractivity contribution in [2.75, 3.05) is 19.8 Å². The molecule has 4 aromatic rings. The quantitative estimate of drug-likeness (QED) is 0.215. The highest BCUT2D eigenvalue weighted by atomic mass is 16.5. The molecule has 1 N–H and O–H groups in total. The van der Waals surface area contributed by atoms with Crippen molar-refractivity contribution in [3.63, 3.8) is 0 Å². The van der Waals surface area contributed by atoms with Crippen LogP contribution >= 0.6 is 0 Å². The van der Waals surface area contributed by atoms with E-state index in [1.807, 2.05) is 68.4 Å². The number of amides is 1. The zero-order valence-corrected chi connectivity index (χ0v) is 21.9. The lowest BCUT2D eigenvalue weighted by Gasteiger charge is -2.11. The first-order valence-electron chi connectivity index (χ1n) is 13.2. The van der Waals surface area contributed by atoms with Gasteiger partial charge in [-0.3, -0.25) is 4.79 Å². The zero-order chi connectivity index (χ0) is 25.9. The number of benzene rings is 3. The molecule has 1 heterocycles. The van der Waals surface area contributed by atoms with Gasteiger partial charge in [0.2, 0.25) is 0 Å². The molecule has 0 aliphatic carbocycles. The predicted molar refractivity (Wildman–Crippen MR) is 148 cm³/mol. The molecular formula is C31H37N3O3. The van der Waals surface area contributed by atoms with Gasteiger partial charge in [-0.15, -0.1) is 0 Å². The number of aryl methyl sites for hydroxylation is 4. The Morgan fingerprint density at radius 1 is 0.892 bits per heavy atom. The van der Waals surface area contributed by atoms with Crippen LogP contribution in [0.3, 0.4) is 0 Å². The highest BCUT2D eigenvalue weighted by molar-refractivity contribution is 5.77. The first-order valence-corrected chi connectivity index (χ1v) is 13.2. The summed E-state index contributed by atoms with van der Waals surface area (Å²) in [7, 11) is 0. The number of rotatable bonds is 14. The van der Waals surface area contributed by atoms with Crippen LogP contribution in [0.5, 0.6) is 11.5 Å². The van der Waals surface area contributed by atoms with Crippen molar-refractivity contribution in [2.24, 2.45) is 0 Å². The second-order valence-corrected chi connectivity index (χ2v) is 9.40. The summed E-state index contributed by atoms with van der Waals surface area (Å²) in [5.41, 5.74) is 4.37. The molecule has 0 saturated carbocycles. The molecule has 0 bridgehead atoms. The first kappa shape index (κ1) is 26.3. The number of carbonyl (C=O) groups is 1. The van der Waals surface area contributed by atoms with Gasteiger partial charge in [0.1, 0.15) is 17.3 Å². The molecule has 6 nitrogen and oxygen atoms in total. The van der Waals surface area contributed by atoms with Crippen molar-refractivity contribution in [3.05, 3.63) is 89.7 Å². The van der Waals surface area contributed by atoms with Gasteiger partial charge in [0.05, 0.1) is 17.6 Å². The van der Waals surface area contributed by atoms with E-state index in [9.17, 15) is 4.79 Å². The number of imidazole rings is 1. The molecule has 0 saturated heterocycles. The third-order valence-corrected chi connectivity index (χ3v) is 6.37. The second kappa shape index (κ2) is 13.5. The largest absolute Gasteiger partial charge is 0.494 e. The lowest BCUT2D eigenvalue weighted by Crippen LogP contribution is -2.29. The Balaban J connectivity index is 1.18. The number of para-hydroxylation sites is 3. The summed E-state index contributed by atoms with van der Waals surface area (Å²) in [6, 6.07) is 24.3. The number of fused-ring (bicyclic) bond motifs is 1. The third-order valence-electron chi connectivity index (χ3n) is 6.37. The lowest BCUT2D eigenvalue weighted by molar-refractivity contribution is -0.123. The molecule has 0 aliphatic heterocycles. The summed E-state index contributed by atoms with van der Waals surface area (Å²) in [6.07, 6.45) is 4.81. The van der Waals surface area contributed by atoms with Crippen LogP contribution in [-0.4, -0.2) is 35.2 Å². The van der Waals surface area contributed by atoms with Gasteiger partial charge < -0.3 is 19.4 Å². The maximum Gasteiger partial charge on any atom is 0.257 e. The van der Waals surface area contributed by atoms with Crippen molar-refractivity contribution < 1.29 is 14.3 Å². The Labute approximate surface area is 219 Å². The van der Waals surface area contributed by atoms with Crippen LogP contribution in [0, 0.1) is 13.8 Å². The normalized spacial score (nSPS) is 11.0. The first-order chi connectivity index (χ1) is 18.1. The van der Waals surface area contributed by atoms with Gasteiger partial charge in [0.25, 0.3) is 5.91 Å². The van der Waals surface area contributed by atoms with Crippen LogP contribution in [0.4, 0.5) is 0 Å². The maximum absolute atomic E-state index is 12.2. The molecule has 37 heavy (non-hydrogen) atoms. The molecule has 3 aromatic carbocycles. The molecular weight excluding hydrogens is 462 g/mol. The number of aromatic nitrogens is 2. The monoisotopic (exact) mass is 499 g/mol. The summed E-state index contributed by atoms with van der Waals surface area (Å²) >= 11 is 0. The fourth-order valence-corrected chi connectivity index (χ4v) is 4.36. The van der Waals surface area contributed by atoms with Gasteiger partial charge in [0, 0.05) is 19.5 Å². The molecule has 0 aliphatic rings. The second-order valence-electron chi connectivity index (χ2n) is 9.40. The molecule has 4 rings (SSSR count). The van der Waals surface area contributed by atoms with E-state index in [1.165, 1.54) is 5.52 Å². The van der Waals surface area contributed by atoms with E-state index < -0.39 is 0 Å². The lowest BCUT2D eigenvalue weighted by atomic mass is 10.1. The molecule has 1 aromatic heterocycles. The molecule has 0 spiro atoms. The van der Waals surface area contributed by atoms with Gasteiger partial charge in [-0.25, -0.2) is 4.98 Å². The van der Waals surface area contributed by atoms with Crippen molar-refractivity contribution in [2.45, 2.75) is 52.5 Å². The molecule has 1 amide bonds. The number of carbonyl (C=O) groups excluding carboxylic acids is 1. The number of ether oxygens (including phenoxy) is 2. The van der Waals surface area contributed by atoms with Crippen LogP contribution < -0.4 is 14.8 Å². The van der Waals surface area contributed by atoms with E-state index in [1.54, 1.807) is 0 Å². The van der Waals surface area contributed by atoms with Crippen LogP contribution in [0.25, 0.3) is 11.0 Å². The Bertz CT molecular complexity index is 1280. The van der Waals surface area contributed by atoms with Crippen LogP contribution in [0.15, 0.2) is 72.8 Å². The van der Waals surface area contributed by atoms with E-state index >= 15 is 0 Å². The summed E-state index contributed by atoms with van der Waals surface area (Å²) < 4.78 is 13.9. The van der Waals surface area contributed by atoms with Crippen LogP contribution in [-0.2, 0) is 17.8 Å². The summed E-state index contributed by atoms with van der Waals surface area (Å²) in [4.78, 5) is 17.1. The highest BCUT2D eigenvalue weighted by Gasteiger charge is 2.10. The number of hydrogen-bond donors (Lipinski definition) is 1. The predicted octanol–water partition coefficient (Wildman–Crippen LogP) is 6.03. The van der Waals surface area contributed by atoms with E-state index in [4.69, 9.17) is 14.5 Å². The van der Waals surface area contributed by atoms with Crippen LogP contribution in [0.1, 0.15) is 42.6 Å². The maximum atomic E-state index is 12.2. The fraction of sp³-hybridized carbons (Fsp3) is 0.355. The topological polar surface area (TPSA) is 65.4 Å². The van der Waals surface area contributed by atoms with E-state index in [0.717, 1.165) is 72.6 Å². The SMILES string of the molecule is Cc1ccc(C)c(OCC(=O)NCCCCCc2nc3ccccc3n2CCCOc2ccccc2)c1. The smallest absolute Gasteiger partial charge is 0.257 e. The minimum atomic E-state index is -0.0829. The van der Waals surface area contributed by atoms with Crippen molar-refractivity contribution in [3.8, 4) is 11.5 Å². The average molecular weight is 500 g/mol. The Hall–Kier alpha value is -3.80. The van der Waals surface area contributed by atoms with E-state index in [2.05, 4.69) is 28.1 Å². The molecule has 0 radical (unpaired) electrons. The molecule has 0 fully saturated rings. The Morgan fingerprint density at radius 3 is 2.57 bits per heavy atom. The number of nitrogens with zero attached hydrogens (tertiary/aromatic N) is 2. The highest BCUT2D eigenvalue weighted by Crippen LogP contribution is 2.20. The summed E-state index contributed by atoms with van der Waals surface area (Å²) in [6.45, 7) is 6.24.